The number of carbonyl (C=O) groups is 2. The maximum atomic E-state index is 12.8. The molecule has 5 rings (SSSR count). The molecule has 2 heterocycles. The fourth-order valence-electron chi connectivity index (χ4n) is 4.02. The summed E-state index contributed by atoms with van der Waals surface area (Å²) in [7, 11) is 3.20. The average molecular weight is 579 g/mol. The van der Waals surface area contributed by atoms with Crippen LogP contribution in [0.2, 0.25) is 0 Å². The van der Waals surface area contributed by atoms with Crippen LogP contribution in [0.5, 0.6) is 0 Å². The third-order valence-corrected chi connectivity index (χ3v) is 9.24. The SMILES string of the molecule is CN1C(=O)C(=Cc2ccc(N(c3ccccc3)c3cccc4ccccc34)[te]2)C(=O)N(C)C1=S. The molecule has 1 aromatic heterocycles. The van der Waals surface area contributed by atoms with Crippen LogP contribution in [-0.4, -0.2) is 61.3 Å². The molecule has 1 aliphatic rings. The molecular weight excluding hydrogens is 558 g/mol. The summed E-state index contributed by atoms with van der Waals surface area (Å²) >= 11 is 4.33. The number of thiocarbonyl (C=S) groups is 1. The number of anilines is 3. The number of fused-ring (bicyclic) bond motifs is 1. The van der Waals surface area contributed by atoms with Crippen molar-refractivity contribution in [2.45, 2.75) is 0 Å². The Morgan fingerprint density at radius 2 is 1.44 bits per heavy atom. The van der Waals surface area contributed by atoms with Crippen LogP contribution in [0.3, 0.4) is 0 Å². The van der Waals surface area contributed by atoms with E-state index in [1.54, 1.807) is 20.2 Å². The number of benzene rings is 3. The van der Waals surface area contributed by atoms with Gasteiger partial charge in [0.2, 0.25) is 0 Å². The molecule has 1 fully saturated rings. The van der Waals surface area contributed by atoms with Gasteiger partial charge >= 0.3 is 214 Å². The van der Waals surface area contributed by atoms with E-state index in [1.165, 1.54) is 24.3 Å². The summed E-state index contributed by atoms with van der Waals surface area (Å²) in [6.07, 6.45) is 1.75. The first-order chi connectivity index (χ1) is 16.5. The third kappa shape index (κ3) is 3.97. The summed E-state index contributed by atoms with van der Waals surface area (Å²) in [5.41, 5.74) is 2.34. The summed E-state index contributed by atoms with van der Waals surface area (Å²) in [6, 6.07) is 29.1. The zero-order valence-corrected chi connectivity index (χ0v) is 21.8. The monoisotopic (exact) mass is 581 g/mol. The van der Waals surface area contributed by atoms with Gasteiger partial charge in [-0.25, -0.2) is 0 Å². The van der Waals surface area contributed by atoms with E-state index < -0.39 is 20.4 Å². The Kier molecular flexibility index (Phi) is 6.09. The van der Waals surface area contributed by atoms with Crippen LogP contribution < -0.4 is 4.90 Å². The van der Waals surface area contributed by atoms with Gasteiger partial charge in [-0.2, -0.15) is 0 Å². The normalized spacial score (nSPS) is 14.2. The molecule has 0 unspecified atom stereocenters. The van der Waals surface area contributed by atoms with Crippen molar-refractivity contribution in [3.05, 3.63) is 94.1 Å². The van der Waals surface area contributed by atoms with Crippen molar-refractivity contribution < 1.29 is 9.59 Å². The standard InChI is InChI=1S/C27H21N3O2STe/c1-28-25(31)22(26(32)29(2)27(28)33)17-20-15-16-24(34-20)30(19-11-4-3-5-12-19)23-14-8-10-18-9-6-7-13-21(18)23/h3-17H,1-2H3. The van der Waals surface area contributed by atoms with E-state index in [0.717, 1.165) is 15.0 Å². The Hall–Kier alpha value is -3.24. The minimum absolute atomic E-state index is 0.154. The van der Waals surface area contributed by atoms with E-state index in [9.17, 15) is 9.59 Å². The van der Waals surface area contributed by atoms with Gasteiger partial charge in [-0.15, -0.1) is 0 Å². The van der Waals surface area contributed by atoms with Gasteiger partial charge in [0, 0.05) is 0 Å². The van der Waals surface area contributed by atoms with E-state index in [2.05, 4.69) is 59.5 Å². The number of amides is 2. The zero-order chi connectivity index (χ0) is 23.8. The molecule has 0 spiro atoms. The van der Waals surface area contributed by atoms with Crippen LogP contribution in [0, 0.1) is 0 Å². The first-order valence-electron chi connectivity index (χ1n) is 10.7. The molecule has 168 valence electrons. The quantitative estimate of drug-likeness (QED) is 0.149. The van der Waals surface area contributed by atoms with Gasteiger partial charge in [0.25, 0.3) is 0 Å². The molecule has 4 aromatic rings. The van der Waals surface area contributed by atoms with Gasteiger partial charge in [0.1, 0.15) is 0 Å². The number of carbonyl (C=O) groups excluding carboxylic acids is 2. The fourth-order valence-corrected chi connectivity index (χ4v) is 7.00. The summed E-state index contributed by atoms with van der Waals surface area (Å²) in [6.45, 7) is 0. The van der Waals surface area contributed by atoms with E-state index in [0.29, 0.717) is 0 Å². The van der Waals surface area contributed by atoms with Gasteiger partial charge in [-0.3, -0.25) is 0 Å². The first kappa shape index (κ1) is 22.5. The molecule has 5 nitrogen and oxygen atoms in total. The van der Waals surface area contributed by atoms with Gasteiger partial charge in [0.15, 0.2) is 0 Å². The predicted octanol–water partition coefficient (Wildman–Crippen LogP) is 4.97. The Morgan fingerprint density at radius 3 is 2.18 bits per heavy atom. The van der Waals surface area contributed by atoms with Crippen molar-refractivity contribution in [1.82, 2.24) is 9.80 Å². The summed E-state index contributed by atoms with van der Waals surface area (Å²) in [5, 5.41) is 2.56. The van der Waals surface area contributed by atoms with Crippen LogP contribution >= 0.6 is 12.2 Å². The van der Waals surface area contributed by atoms with Crippen molar-refractivity contribution in [2.75, 3.05) is 19.0 Å². The Bertz CT molecular complexity index is 1430. The number of hydrogen-bond donors (Lipinski definition) is 0. The van der Waals surface area contributed by atoms with Gasteiger partial charge in [0.05, 0.1) is 0 Å². The van der Waals surface area contributed by atoms with Crippen LogP contribution in [0.15, 0.2) is 90.5 Å². The topological polar surface area (TPSA) is 43.9 Å². The van der Waals surface area contributed by atoms with Crippen LogP contribution in [0.4, 0.5) is 15.1 Å². The minimum atomic E-state index is -0.871. The van der Waals surface area contributed by atoms with E-state index >= 15 is 0 Å². The van der Waals surface area contributed by atoms with Crippen molar-refractivity contribution in [3.63, 3.8) is 0 Å². The van der Waals surface area contributed by atoms with E-state index in [1.807, 2.05) is 30.3 Å². The molecule has 3 aromatic carbocycles. The second-order valence-electron chi connectivity index (χ2n) is 7.91. The molecule has 0 saturated carbocycles. The molecule has 0 aliphatic carbocycles. The summed E-state index contributed by atoms with van der Waals surface area (Å²) in [5.74, 6) is -0.715. The zero-order valence-electron chi connectivity index (χ0n) is 18.6. The van der Waals surface area contributed by atoms with Gasteiger partial charge in [-0.05, 0) is 0 Å². The molecule has 0 N–H and O–H groups in total. The molecule has 34 heavy (non-hydrogen) atoms. The predicted molar refractivity (Wildman–Crippen MR) is 142 cm³/mol. The number of para-hydroxylation sites is 1. The van der Waals surface area contributed by atoms with E-state index in [4.69, 9.17) is 12.2 Å². The molecule has 1 saturated heterocycles. The average Bonchev–Trinajstić information content (AvgIpc) is 3.33. The molecule has 0 atom stereocenters. The molecule has 7 heteroatoms. The number of hydrogen-bond acceptors (Lipinski definition) is 4. The first-order valence-corrected chi connectivity index (χ1v) is 13.4. The fraction of sp³-hybridized carbons (Fsp3) is 0.0741. The molecule has 1 aliphatic heterocycles. The van der Waals surface area contributed by atoms with Crippen LogP contribution in [0.25, 0.3) is 16.8 Å². The van der Waals surface area contributed by atoms with E-state index in [-0.39, 0.29) is 22.5 Å². The van der Waals surface area contributed by atoms with Crippen LogP contribution in [-0.2, 0) is 9.59 Å². The third-order valence-electron chi connectivity index (χ3n) is 5.79. The van der Waals surface area contributed by atoms with Gasteiger partial charge in [-0.1, -0.05) is 0 Å². The van der Waals surface area contributed by atoms with Crippen molar-refractivity contribution in [3.8, 4) is 0 Å². The molecule has 0 radical (unpaired) electrons. The van der Waals surface area contributed by atoms with Gasteiger partial charge < -0.3 is 0 Å². The number of likely N-dealkylation sites (N-methyl/N-ethyl adjacent to an activating group) is 2. The Morgan fingerprint density at radius 1 is 0.794 bits per heavy atom. The second-order valence-corrected chi connectivity index (χ2v) is 11.4. The van der Waals surface area contributed by atoms with Crippen molar-refractivity contribution >= 4 is 81.5 Å². The number of rotatable bonds is 4. The molecular formula is C27H21N3O2STe. The molecule has 2 amide bonds. The maximum absolute atomic E-state index is 12.8. The van der Waals surface area contributed by atoms with Crippen molar-refractivity contribution in [1.29, 1.82) is 0 Å². The van der Waals surface area contributed by atoms with Crippen LogP contribution in [0.1, 0.15) is 3.58 Å². The number of nitrogens with zero attached hydrogens (tertiary/aromatic N) is 3. The summed E-state index contributed by atoms with van der Waals surface area (Å²) in [4.78, 5) is 30.5. The summed E-state index contributed by atoms with van der Waals surface area (Å²) < 4.78 is 2.21. The second kappa shape index (κ2) is 9.19. The van der Waals surface area contributed by atoms with Crippen molar-refractivity contribution in [2.24, 2.45) is 0 Å². The molecule has 0 bridgehead atoms. The Labute approximate surface area is 213 Å². The Balaban J connectivity index is 1.61.